The van der Waals surface area contributed by atoms with E-state index in [2.05, 4.69) is 55.2 Å². The van der Waals surface area contributed by atoms with Crippen LogP contribution in [0.5, 0.6) is 0 Å². The highest BCUT2D eigenvalue weighted by Crippen LogP contribution is 2.23. The Morgan fingerprint density at radius 3 is 2.57 bits per heavy atom. The minimum Gasteiger partial charge on any atom is -0.384 e. The number of anilines is 1. The average Bonchev–Trinajstić information content (AvgIpc) is 2.53. The van der Waals surface area contributed by atoms with Crippen LogP contribution in [0, 0.1) is 5.92 Å². The van der Waals surface area contributed by atoms with Crippen molar-refractivity contribution < 1.29 is 0 Å². The largest absolute Gasteiger partial charge is 0.384 e. The Bertz CT molecular complexity index is 806. The minimum atomic E-state index is 0.592. The number of fused-ring (bicyclic) bond motifs is 1. The lowest BCUT2D eigenvalue weighted by Crippen LogP contribution is -1.98. The molecule has 23 heavy (non-hydrogen) atoms. The van der Waals surface area contributed by atoms with Crippen LogP contribution in [0.1, 0.15) is 37.0 Å². The summed E-state index contributed by atoms with van der Waals surface area (Å²) >= 11 is 0. The molecule has 2 heteroatoms. The summed E-state index contributed by atoms with van der Waals surface area (Å²) in [5.41, 5.74) is 10.9. The summed E-state index contributed by atoms with van der Waals surface area (Å²) in [5, 5.41) is 1.19. The normalized spacial score (nSPS) is 11.3. The molecule has 3 aromatic rings. The summed E-state index contributed by atoms with van der Waals surface area (Å²) in [6.45, 7) is 4.55. The van der Waals surface area contributed by atoms with Gasteiger partial charge in [0.25, 0.3) is 0 Å². The lowest BCUT2D eigenvalue weighted by molar-refractivity contribution is 0.586. The van der Waals surface area contributed by atoms with E-state index in [1.54, 1.807) is 0 Å². The van der Waals surface area contributed by atoms with Gasteiger partial charge in [-0.2, -0.15) is 0 Å². The van der Waals surface area contributed by atoms with E-state index >= 15 is 0 Å². The first kappa shape index (κ1) is 15.5. The van der Waals surface area contributed by atoms with Crippen molar-refractivity contribution in [1.29, 1.82) is 0 Å². The Morgan fingerprint density at radius 2 is 1.74 bits per heavy atom. The first-order valence-electron chi connectivity index (χ1n) is 8.34. The van der Waals surface area contributed by atoms with Gasteiger partial charge in [-0.15, -0.1) is 0 Å². The molecular formula is C21H24N2. The van der Waals surface area contributed by atoms with Gasteiger partial charge in [-0.05, 0) is 54.0 Å². The molecule has 2 aromatic carbocycles. The SMILES string of the molecule is CC(C)CCc1cccc(Cc2cc(N)nc3ccccc23)c1. The number of para-hydroxylation sites is 1. The number of aryl methyl sites for hydroxylation is 1. The average molecular weight is 304 g/mol. The lowest BCUT2D eigenvalue weighted by atomic mass is 9.97. The Kier molecular flexibility index (Phi) is 4.61. The van der Waals surface area contributed by atoms with E-state index in [9.17, 15) is 0 Å². The number of nitrogens with two attached hydrogens (primary N) is 1. The van der Waals surface area contributed by atoms with Gasteiger partial charge in [0.2, 0.25) is 0 Å². The molecule has 0 radical (unpaired) electrons. The molecule has 0 aliphatic rings. The van der Waals surface area contributed by atoms with Crippen molar-refractivity contribution >= 4 is 16.7 Å². The second-order valence-corrected chi connectivity index (χ2v) is 6.65. The zero-order valence-corrected chi connectivity index (χ0v) is 13.9. The van der Waals surface area contributed by atoms with Crippen LogP contribution in [-0.4, -0.2) is 4.98 Å². The Morgan fingerprint density at radius 1 is 0.957 bits per heavy atom. The molecule has 2 nitrogen and oxygen atoms in total. The van der Waals surface area contributed by atoms with E-state index in [4.69, 9.17) is 5.73 Å². The van der Waals surface area contributed by atoms with Gasteiger partial charge < -0.3 is 5.73 Å². The summed E-state index contributed by atoms with van der Waals surface area (Å²) < 4.78 is 0. The maximum Gasteiger partial charge on any atom is 0.124 e. The molecule has 0 atom stereocenters. The lowest BCUT2D eigenvalue weighted by Gasteiger charge is -2.10. The number of nitrogen functional groups attached to an aromatic ring is 1. The van der Waals surface area contributed by atoms with Gasteiger partial charge in [-0.25, -0.2) is 4.98 Å². The first-order valence-corrected chi connectivity index (χ1v) is 8.34. The van der Waals surface area contributed by atoms with Crippen LogP contribution in [0.4, 0.5) is 5.82 Å². The first-order chi connectivity index (χ1) is 11.1. The molecule has 1 heterocycles. The molecule has 0 spiro atoms. The predicted molar refractivity (Wildman–Crippen MR) is 98.6 cm³/mol. The fraction of sp³-hybridized carbons (Fsp3) is 0.286. The highest BCUT2D eigenvalue weighted by molar-refractivity contribution is 5.84. The van der Waals surface area contributed by atoms with Gasteiger partial charge in [0.15, 0.2) is 0 Å². The summed E-state index contributed by atoms with van der Waals surface area (Å²) in [7, 11) is 0. The molecule has 0 amide bonds. The molecule has 0 aliphatic heterocycles. The van der Waals surface area contributed by atoms with Crippen LogP contribution in [0.3, 0.4) is 0 Å². The topological polar surface area (TPSA) is 38.9 Å². The van der Waals surface area contributed by atoms with Gasteiger partial charge >= 0.3 is 0 Å². The number of hydrogen-bond acceptors (Lipinski definition) is 2. The third kappa shape index (κ3) is 3.89. The molecule has 0 bridgehead atoms. The molecule has 118 valence electrons. The molecule has 0 saturated heterocycles. The highest BCUT2D eigenvalue weighted by atomic mass is 14.8. The third-order valence-corrected chi connectivity index (χ3v) is 4.22. The third-order valence-electron chi connectivity index (χ3n) is 4.22. The highest BCUT2D eigenvalue weighted by Gasteiger charge is 2.06. The molecule has 3 rings (SSSR count). The van der Waals surface area contributed by atoms with Crippen LogP contribution in [0.15, 0.2) is 54.6 Å². The van der Waals surface area contributed by atoms with E-state index in [0.717, 1.165) is 24.3 Å². The Hall–Kier alpha value is -2.35. The summed E-state index contributed by atoms with van der Waals surface area (Å²) in [6, 6.07) is 19.1. The van der Waals surface area contributed by atoms with E-state index in [1.165, 1.54) is 28.5 Å². The van der Waals surface area contributed by atoms with Crippen LogP contribution in [0.25, 0.3) is 10.9 Å². The van der Waals surface area contributed by atoms with Crippen LogP contribution < -0.4 is 5.73 Å². The van der Waals surface area contributed by atoms with Crippen molar-refractivity contribution in [1.82, 2.24) is 4.98 Å². The smallest absolute Gasteiger partial charge is 0.124 e. The fourth-order valence-electron chi connectivity index (χ4n) is 2.99. The van der Waals surface area contributed by atoms with Crippen molar-refractivity contribution in [3.8, 4) is 0 Å². The van der Waals surface area contributed by atoms with Gasteiger partial charge in [-0.1, -0.05) is 56.3 Å². The Labute approximate surface area is 138 Å². The minimum absolute atomic E-state index is 0.592. The van der Waals surface area contributed by atoms with Gasteiger partial charge in [0, 0.05) is 5.39 Å². The molecule has 0 aliphatic carbocycles. The predicted octanol–water partition coefficient (Wildman–Crippen LogP) is 5.00. The number of nitrogens with zero attached hydrogens (tertiary/aromatic N) is 1. The molecule has 0 unspecified atom stereocenters. The zero-order valence-electron chi connectivity index (χ0n) is 13.9. The second-order valence-electron chi connectivity index (χ2n) is 6.65. The van der Waals surface area contributed by atoms with Crippen LogP contribution in [0.2, 0.25) is 0 Å². The number of aromatic nitrogens is 1. The molecule has 2 N–H and O–H groups in total. The van der Waals surface area contributed by atoms with Gasteiger partial charge in [0.1, 0.15) is 5.82 Å². The van der Waals surface area contributed by atoms with Crippen LogP contribution in [-0.2, 0) is 12.8 Å². The van der Waals surface area contributed by atoms with Crippen molar-refractivity contribution in [2.45, 2.75) is 33.1 Å². The van der Waals surface area contributed by atoms with Crippen molar-refractivity contribution in [3.63, 3.8) is 0 Å². The van der Waals surface area contributed by atoms with E-state index < -0.39 is 0 Å². The number of hydrogen-bond donors (Lipinski definition) is 1. The molecule has 0 fully saturated rings. The van der Waals surface area contributed by atoms with Crippen molar-refractivity contribution in [3.05, 3.63) is 71.3 Å². The molecular weight excluding hydrogens is 280 g/mol. The van der Waals surface area contributed by atoms with Crippen molar-refractivity contribution in [2.75, 3.05) is 5.73 Å². The van der Waals surface area contributed by atoms with E-state index in [1.807, 2.05) is 18.2 Å². The zero-order chi connectivity index (χ0) is 16.2. The van der Waals surface area contributed by atoms with E-state index in [-0.39, 0.29) is 0 Å². The maximum absolute atomic E-state index is 5.98. The molecule has 0 saturated carbocycles. The summed E-state index contributed by atoms with van der Waals surface area (Å²) in [5.74, 6) is 1.33. The van der Waals surface area contributed by atoms with Gasteiger partial charge in [-0.3, -0.25) is 0 Å². The molecule has 1 aromatic heterocycles. The number of rotatable bonds is 5. The van der Waals surface area contributed by atoms with Crippen molar-refractivity contribution in [2.24, 2.45) is 5.92 Å². The summed E-state index contributed by atoms with van der Waals surface area (Å²) in [4.78, 5) is 4.42. The monoisotopic (exact) mass is 304 g/mol. The Balaban J connectivity index is 1.89. The van der Waals surface area contributed by atoms with Gasteiger partial charge in [0.05, 0.1) is 5.52 Å². The number of benzene rings is 2. The maximum atomic E-state index is 5.98. The quantitative estimate of drug-likeness (QED) is 0.720. The second kappa shape index (κ2) is 6.82. The standard InChI is InChI=1S/C21H24N2/c1-15(2)10-11-16-6-5-7-17(12-16)13-18-14-21(22)23-20-9-4-3-8-19(18)20/h3-9,12,14-15H,10-11,13H2,1-2H3,(H2,22,23). The van der Waals surface area contributed by atoms with E-state index in [0.29, 0.717) is 5.82 Å². The van der Waals surface area contributed by atoms with Crippen LogP contribution >= 0.6 is 0 Å². The fourth-order valence-corrected chi connectivity index (χ4v) is 2.99. The number of pyridine rings is 1. The summed E-state index contributed by atoms with van der Waals surface area (Å²) in [6.07, 6.45) is 3.27.